The standard InChI is InChI=1S/C25H43BrNO/c1-5-7-11-18-27(17-6-2,19-12-9-8-10-16-26)21-24(28)20-25-22(3)14-13-15-23(25)4/h13-15H,5-12,16-21H2,1-4H3/q+1. The van der Waals surface area contributed by atoms with Crippen molar-refractivity contribution in [1.29, 1.82) is 0 Å². The third-order valence-corrected chi connectivity index (χ3v) is 6.54. The number of ketones is 1. The van der Waals surface area contributed by atoms with Gasteiger partial charge in [-0.25, -0.2) is 0 Å². The number of carbonyl (C=O) groups is 1. The molecule has 0 aliphatic rings. The van der Waals surface area contributed by atoms with Gasteiger partial charge in [-0.1, -0.05) is 60.8 Å². The summed E-state index contributed by atoms with van der Waals surface area (Å²) in [6.07, 6.45) is 10.6. The molecule has 1 aromatic carbocycles. The summed E-state index contributed by atoms with van der Waals surface area (Å²) in [4.78, 5) is 13.2. The minimum Gasteiger partial charge on any atom is -0.317 e. The summed E-state index contributed by atoms with van der Waals surface area (Å²) >= 11 is 3.54. The number of halogens is 1. The number of carbonyl (C=O) groups excluding carboxylic acids is 1. The fourth-order valence-electron chi connectivity index (χ4n) is 4.39. The van der Waals surface area contributed by atoms with E-state index in [9.17, 15) is 4.79 Å². The van der Waals surface area contributed by atoms with Gasteiger partial charge in [-0.15, -0.1) is 0 Å². The molecule has 3 heteroatoms. The summed E-state index contributed by atoms with van der Waals surface area (Å²) in [6.45, 7) is 13.0. The highest BCUT2D eigenvalue weighted by Crippen LogP contribution is 2.19. The molecule has 1 atom stereocenters. The molecule has 1 rings (SSSR count). The van der Waals surface area contributed by atoms with Gasteiger partial charge in [0, 0.05) is 11.8 Å². The van der Waals surface area contributed by atoms with Crippen molar-refractivity contribution in [3.05, 3.63) is 34.9 Å². The minimum absolute atomic E-state index is 0.419. The lowest BCUT2D eigenvalue weighted by molar-refractivity contribution is -0.921. The van der Waals surface area contributed by atoms with Crippen LogP contribution < -0.4 is 0 Å². The Morgan fingerprint density at radius 1 is 0.857 bits per heavy atom. The largest absolute Gasteiger partial charge is 0.317 e. The van der Waals surface area contributed by atoms with E-state index in [-0.39, 0.29) is 0 Å². The topological polar surface area (TPSA) is 17.1 Å². The van der Waals surface area contributed by atoms with Crippen LogP contribution in [0.1, 0.15) is 81.9 Å². The fourth-order valence-corrected chi connectivity index (χ4v) is 4.79. The number of quaternary nitrogens is 1. The maximum Gasteiger partial charge on any atom is 0.191 e. The summed E-state index contributed by atoms with van der Waals surface area (Å²) in [5, 5.41) is 1.10. The van der Waals surface area contributed by atoms with Gasteiger partial charge >= 0.3 is 0 Å². The Balaban J connectivity index is 2.83. The normalized spacial score (nSPS) is 13.5. The van der Waals surface area contributed by atoms with E-state index in [0.29, 0.717) is 18.7 Å². The second-order valence-electron chi connectivity index (χ2n) is 8.57. The molecule has 28 heavy (non-hydrogen) atoms. The molecule has 0 spiro atoms. The second kappa shape index (κ2) is 14.3. The van der Waals surface area contributed by atoms with E-state index < -0.39 is 0 Å². The summed E-state index contributed by atoms with van der Waals surface area (Å²) < 4.78 is 1.01. The van der Waals surface area contributed by atoms with Crippen LogP contribution in [0.5, 0.6) is 0 Å². The van der Waals surface area contributed by atoms with Crippen molar-refractivity contribution in [3.8, 4) is 0 Å². The molecule has 0 bridgehead atoms. The fraction of sp³-hybridized carbons (Fsp3) is 0.720. The number of nitrogens with zero attached hydrogens (tertiary/aromatic N) is 1. The minimum atomic E-state index is 0.419. The van der Waals surface area contributed by atoms with E-state index >= 15 is 0 Å². The molecule has 0 aliphatic heterocycles. The predicted octanol–water partition coefficient (Wildman–Crippen LogP) is 6.79. The molecule has 1 aromatic rings. The van der Waals surface area contributed by atoms with Gasteiger partial charge in [0.05, 0.1) is 19.6 Å². The van der Waals surface area contributed by atoms with E-state index in [1.54, 1.807) is 0 Å². The van der Waals surface area contributed by atoms with Gasteiger partial charge in [-0.3, -0.25) is 4.79 Å². The monoisotopic (exact) mass is 452 g/mol. The number of alkyl halides is 1. The highest BCUT2D eigenvalue weighted by molar-refractivity contribution is 9.09. The highest BCUT2D eigenvalue weighted by atomic mass is 79.9. The van der Waals surface area contributed by atoms with E-state index in [1.165, 1.54) is 74.7 Å². The Hall–Kier alpha value is -0.670. The van der Waals surface area contributed by atoms with Crippen molar-refractivity contribution >= 4 is 21.7 Å². The van der Waals surface area contributed by atoms with Crippen molar-refractivity contribution in [2.45, 2.75) is 85.5 Å². The molecule has 0 radical (unpaired) electrons. The van der Waals surface area contributed by atoms with Crippen LogP contribution in [0.2, 0.25) is 0 Å². The zero-order valence-electron chi connectivity index (χ0n) is 18.9. The lowest BCUT2D eigenvalue weighted by atomic mass is 9.97. The first kappa shape index (κ1) is 25.4. The SMILES string of the molecule is CCCCC[N+](CCC)(CCCCCCBr)CC(=O)Cc1c(C)cccc1C. The summed E-state index contributed by atoms with van der Waals surface area (Å²) in [7, 11) is 0. The molecule has 0 aliphatic carbocycles. The summed E-state index contributed by atoms with van der Waals surface area (Å²) in [5.41, 5.74) is 3.75. The Labute approximate surface area is 182 Å². The molecule has 0 saturated carbocycles. The maximum absolute atomic E-state index is 13.2. The van der Waals surface area contributed by atoms with Crippen LogP contribution in [0.15, 0.2) is 18.2 Å². The van der Waals surface area contributed by atoms with Gasteiger partial charge in [0.25, 0.3) is 0 Å². The van der Waals surface area contributed by atoms with Gasteiger partial charge in [0.1, 0.15) is 6.54 Å². The van der Waals surface area contributed by atoms with Gasteiger partial charge in [0.2, 0.25) is 0 Å². The number of hydrogen-bond acceptors (Lipinski definition) is 1. The van der Waals surface area contributed by atoms with Gasteiger partial charge < -0.3 is 4.48 Å². The van der Waals surface area contributed by atoms with E-state index in [1.807, 2.05) is 0 Å². The van der Waals surface area contributed by atoms with Crippen LogP contribution in [0.3, 0.4) is 0 Å². The highest BCUT2D eigenvalue weighted by Gasteiger charge is 2.29. The molecule has 1 unspecified atom stereocenters. The van der Waals surface area contributed by atoms with Gasteiger partial charge in [0.15, 0.2) is 5.78 Å². The molecule has 0 aromatic heterocycles. The zero-order chi connectivity index (χ0) is 20.8. The lowest BCUT2D eigenvalue weighted by Gasteiger charge is -2.38. The number of Topliss-reactive ketones (excluding diaryl/α,β-unsaturated/α-hetero) is 1. The summed E-state index contributed by atoms with van der Waals surface area (Å²) in [5.74, 6) is 0.419. The van der Waals surface area contributed by atoms with Crippen molar-refractivity contribution in [2.75, 3.05) is 31.5 Å². The van der Waals surface area contributed by atoms with Crippen LogP contribution in [0, 0.1) is 13.8 Å². The first-order valence-corrected chi connectivity index (χ1v) is 12.6. The number of aryl methyl sites for hydroxylation is 2. The molecule has 0 amide bonds. The second-order valence-corrected chi connectivity index (χ2v) is 9.36. The average Bonchev–Trinajstić information content (AvgIpc) is 2.65. The molecule has 2 nitrogen and oxygen atoms in total. The van der Waals surface area contributed by atoms with Crippen molar-refractivity contribution in [2.24, 2.45) is 0 Å². The predicted molar refractivity (Wildman–Crippen MR) is 126 cm³/mol. The molecular formula is C25H43BrNO+. The van der Waals surface area contributed by atoms with Gasteiger partial charge in [-0.05, 0) is 69.1 Å². The van der Waals surface area contributed by atoms with Crippen LogP contribution in [-0.4, -0.2) is 41.8 Å². The van der Waals surface area contributed by atoms with Gasteiger partial charge in [-0.2, -0.15) is 0 Å². The first-order chi connectivity index (χ1) is 13.5. The lowest BCUT2D eigenvalue weighted by Crippen LogP contribution is -2.53. The molecule has 0 heterocycles. The van der Waals surface area contributed by atoms with Crippen molar-refractivity contribution < 1.29 is 9.28 Å². The van der Waals surface area contributed by atoms with Crippen molar-refractivity contribution in [1.82, 2.24) is 0 Å². The van der Waals surface area contributed by atoms with Crippen LogP contribution in [0.4, 0.5) is 0 Å². The first-order valence-electron chi connectivity index (χ1n) is 11.5. The number of unbranched alkanes of at least 4 members (excludes halogenated alkanes) is 5. The summed E-state index contributed by atoms with van der Waals surface area (Å²) in [6, 6.07) is 6.36. The Morgan fingerprint density at radius 2 is 1.46 bits per heavy atom. The third kappa shape index (κ3) is 9.22. The smallest absolute Gasteiger partial charge is 0.191 e. The van der Waals surface area contributed by atoms with Crippen molar-refractivity contribution in [3.63, 3.8) is 0 Å². The zero-order valence-corrected chi connectivity index (χ0v) is 20.5. The molecule has 0 saturated heterocycles. The molecule has 160 valence electrons. The van der Waals surface area contributed by atoms with E-state index in [4.69, 9.17) is 0 Å². The van der Waals surface area contributed by atoms with E-state index in [2.05, 4.69) is 61.8 Å². The third-order valence-electron chi connectivity index (χ3n) is 5.98. The molecule has 0 N–H and O–H groups in total. The average molecular weight is 454 g/mol. The number of benzene rings is 1. The maximum atomic E-state index is 13.2. The number of hydrogen-bond donors (Lipinski definition) is 0. The van der Waals surface area contributed by atoms with Crippen LogP contribution in [0.25, 0.3) is 0 Å². The molecular weight excluding hydrogens is 410 g/mol. The Morgan fingerprint density at radius 3 is 2.04 bits per heavy atom. The van der Waals surface area contributed by atoms with Crippen LogP contribution in [-0.2, 0) is 11.2 Å². The quantitative estimate of drug-likeness (QED) is 0.153. The molecule has 0 fully saturated rings. The van der Waals surface area contributed by atoms with E-state index in [0.717, 1.165) is 22.8 Å². The Bertz CT molecular complexity index is 551. The number of rotatable bonds is 16. The Kier molecular flexibility index (Phi) is 13.0. The van der Waals surface area contributed by atoms with Crippen LogP contribution >= 0.6 is 15.9 Å².